The Morgan fingerprint density at radius 2 is 1.92 bits per heavy atom. The number of hydrogen-bond acceptors (Lipinski definition) is 5. The van der Waals surface area contributed by atoms with E-state index in [4.69, 9.17) is 9.26 Å². The Bertz CT molecular complexity index is 890. The minimum atomic E-state index is -0.301. The maximum atomic E-state index is 12.4. The minimum absolute atomic E-state index is 0.194. The Hall–Kier alpha value is -3.35. The van der Waals surface area contributed by atoms with Crippen LogP contribution in [0.4, 0.5) is 10.5 Å². The van der Waals surface area contributed by atoms with Gasteiger partial charge in [-0.2, -0.15) is 4.98 Å². The summed E-state index contributed by atoms with van der Waals surface area (Å²) in [5, 5.41) is 6.77. The number of nitrogens with one attached hydrogen (secondary N) is 1. The molecule has 0 aliphatic heterocycles. The molecule has 26 heavy (non-hydrogen) atoms. The fourth-order valence-electron chi connectivity index (χ4n) is 2.37. The average Bonchev–Trinajstić information content (AvgIpc) is 3.11. The van der Waals surface area contributed by atoms with Crippen molar-refractivity contribution in [2.24, 2.45) is 0 Å². The largest absolute Gasteiger partial charge is 0.495 e. The summed E-state index contributed by atoms with van der Waals surface area (Å²) < 4.78 is 10.5. The van der Waals surface area contributed by atoms with E-state index in [1.165, 1.54) is 4.90 Å². The fourth-order valence-corrected chi connectivity index (χ4v) is 2.37. The zero-order chi connectivity index (χ0) is 18.5. The molecule has 0 unspecified atom stereocenters. The second-order valence-electron chi connectivity index (χ2n) is 5.86. The molecule has 0 spiro atoms. The molecule has 1 heterocycles. The van der Waals surface area contributed by atoms with E-state index in [-0.39, 0.29) is 12.6 Å². The van der Waals surface area contributed by atoms with Gasteiger partial charge < -0.3 is 19.5 Å². The highest BCUT2D eigenvalue weighted by molar-refractivity contribution is 5.90. The van der Waals surface area contributed by atoms with E-state index in [0.717, 1.165) is 11.1 Å². The summed E-state index contributed by atoms with van der Waals surface area (Å²) in [5.74, 6) is 1.45. The Labute approximate surface area is 151 Å². The molecule has 7 heteroatoms. The molecule has 2 amide bonds. The van der Waals surface area contributed by atoms with Crippen LogP contribution in [-0.4, -0.2) is 35.2 Å². The number of methoxy groups -OCH3 is 1. The second-order valence-corrected chi connectivity index (χ2v) is 5.86. The first-order chi connectivity index (χ1) is 12.6. The molecule has 0 bridgehead atoms. The number of aryl methyl sites for hydroxylation is 1. The van der Waals surface area contributed by atoms with Crippen molar-refractivity contribution in [3.8, 4) is 17.1 Å². The predicted molar refractivity (Wildman–Crippen MR) is 98.0 cm³/mol. The van der Waals surface area contributed by atoms with Crippen molar-refractivity contribution in [1.82, 2.24) is 15.0 Å². The molecule has 0 radical (unpaired) electrons. The molecule has 7 nitrogen and oxygen atoms in total. The number of nitrogens with zero attached hydrogens (tertiary/aromatic N) is 3. The number of para-hydroxylation sites is 2. The first-order valence-electron chi connectivity index (χ1n) is 8.11. The van der Waals surface area contributed by atoms with E-state index < -0.39 is 0 Å². The Morgan fingerprint density at radius 1 is 1.19 bits per heavy atom. The molecule has 0 fully saturated rings. The highest BCUT2D eigenvalue weighted by atomic mass is 16.5. The smallest absolute Gasteiger partial charge is 0.322 e. The van der Waals surface area contributed by atoms with Crippen LogP contribution in [0.15, 0.2) is 53.1 Å². The molecule has 1 N–H and O–H groups in total. The van der Waals surface area contributed by atoms with Crippen LogP contribution in [0.3, 0.4) is 0 Å². The Kier molecular flexibility index (Phi) is 5.17. The van der Waals surface area contributed by atoms with Crippen LogP contribution in [0.5, 0.6) is 5.75 Å². The van der Waals surface area contributed by atoms with Gasteiger partial charge in [0, 0.05) is 12.6 Å². The molecular formula is C19H20N4O3. The monoisotopic (exact) mass is 352 g/mol. The van der Waals surface area contributed by atoms with E-state index in [0.29, 0.717) is 23.2 Å². The maximum Gasteiger partial charge on any atom is 0.322 e. The van der Waals surface area contributed by atoms with Gasteiger partial charge in [0.25, 0.3) is 0 Å². The third-order valence-corrected chi connectivity index (χ3v) is 3.85. The summed E-state index contributed by atoms with van der Waals surface area (Å²) in [5.41, 5.74) is 2.62. The molecule has 0 saturated heterocycles. The lowest BCUT2D eigenvalue weighted by Gasteiger charge is -2.17. The molecule has 0 atom stereocenters. The fraction of sp³-hybridized carbons (Fsp3) is 0.211. The number of amides is 2. The van der Waals surface area contributed by atoms with E-state index in [9.17, 15) is 4.79 Å². The van der Waals surface area contributed by atoms with Crippen molar-refractivity contribution in [1.29, 1.82) is 0 Å². The van der Waals surface area contributed by atoms with Gasteiger partial charge in [-0.05, 0) is 19.1 Å². The van der Waals surface area contributed by atoms with Crippen molar-refractivity contribution in [3.05, 3.63) is 60.0 Å². The standard InChI is InChI=1S/C19H20N4O3/c1-13-8-10-14(11-9-13)18-21-17(26-22-18)12-23(2)19(24)20-15-6-4-5-7-16(15)25-3/h4-11H,12H2,1-3H3,(H,20,24). The van der Waals surface area contributed by atoms with Crippen LogP contribution in [0.25, 0.3) is 11.4 Å². The van der Waals surface area contributed by atoms with Crippen LogP contribution in [0.2, 0.25) is 0 Å². The molecule has 2 aromatic carbocycles. The van der Waals surface area contributed by atoms with Gasteiger partial charge in [-0.25, -0.2) is 4.79 Å². The van der Waals surface area contributed by atoms with Crippen molar-refractivity contribution in [3.63, 3.8) is 0 Å². The van der Waals surface area contributed by atoms with Gasteiger partial charge in [-0.15, -0.1) is 0 Å². The number of urea groups is 1. The quantitative estimate of drug-likeness (QED) is 0.757. The predicted octanol–water partition coefficient (Wildman–Crippen LogP) is 3.72. The van der Waals surface area contributed by atoms with E-state index in [1.807, 2.05) is 43.3 Å². The van der Waals surface area contributed by atoms with Gasteiger partial charge in [-0.3, -0.25) is 0 Å². The van der Waals surface area contributed by atoms with Gasteiger partial charge in [0.2, 0.25) is 11.7 Å². The summed E-state index contributed by atoms with van der Waals surface area (Å²) in [6, 6.07) is 14.7. The number of carbonyl (C=O) groups is 1. The average molecular weight is 352 g/mol. The molecule has 0 aliphatic rings. The summed E-state index contributed by atoms with van der Waals surface area (Å²) in [7, 11) is 3.21. The van der Waals surface area contributed by atoms with Crippen molar-refractivity contribution >= 4 is 11.7 Å². The molecular weight excluding hydrogens is 332 g/mol. The summed E-state index contributed by atoms with van der Waals surface area (Å²) >= 11 is 0. The van der Waals surface area contributed by atoms with E-state index in [1.54, 1.807) is 26.3 Å². The Morgan fingerprint density at radius 3 is 2.65 bits per heavy atom. The van der Waals surface area contributed by atoms with E-state index in [2.05, 4.69) is 15.5 Å². The highest BCUT2D eigenvalue weighted by Gasteiger charge is 2.16. The first-order valence-corrected chi connectivity index (χ1v) is 8.11. The lowest BCUT2D eigenvalue weighted by atomic mass is 10.1. The molecule has 3 aromatic rings. The summed E-state index contributed by atoms with van der Waals surface area (Å²) in [6.45, 7) is 2.21. The molecule has 0 aliphatic carbocycles. The number of rotatable bonds is 5. The third-order valence-electron chi connectivity index (χ3n) is 3.85. The van der Waals surface area contributed by atoms with Crippen LogP contribution in [0.1, 0.15) is 11.5 Å². The normalized spacial score (nSPS) is 10.4. The maximum absolute atomic E-state index is 12.4. The van der Waals surface area contributed by atoms with Crippen LogP contribution in [-0.2, 0) is 6.54 Å². The summed E-state index contributed by atoms with van der Waals surface area (Å²) in [6.07, 6.45) is 0. The number of aromatic nitrogens is 2. The van der Waals surface area contributed by atoms with Gasteiger partial charge in [0.1, 0.15) is 12.3 Å². The van der Waals surface area contributed by atoms with Crippen LogP contribution >= 0.6 is 0 Å². The number of carbonyl (C=O) groups excluding carboxylic acids is 1. The number of benzene rings is 2. The van der Waals surface area contributed by atoms with Crippen LogP contribution in [0, 0.1) is 6.92 Å². The zero-order valence-corrected chi connectivity index (χ0v) is 14.9. The van der Waals surface area contributed by atoms with Gasteiger partial charge in [0.15, 0.2) is 0 Å². The zero-order valence-electron chi connectivity index (χ0n) is 14.9. The van der Waals surface area contributed by atoms with Gasteiger partial charge >= 0.3 is 6.03 Å². The molecule has 134 valence electrons. The topological polar surface area (TPSA) is 80.5 Å². The Balaban J connectivity index is 1.65. The number of ether oxygens (including phenoxy) is 1. The molecule has 0 saturated carbocycles. The van der Waals surface area contributed by atoms with Gasteiger partial charge in [0.05, 0.1) is 12.8 Å². The van der Waals surface area contributed by atoms with Crippen molar-refractivity contribution in [2.75, 3.05) is 19.5 Å². The van der Waals surface area contributed by atoms with Crippen molar-refractivity contribution < 1.29 is 14.1 Å². The lowest BCUT2D eigenvalue weighted by Crippen LogP contribution is -2.31. The molecule has 1 aromatic heterocycles. The molecule has 3 rings (SSSR count). The lowest BCUT2D eigenvalue weighted by molar-refractivity contribution is 0.213. The third kappa shape index (κ3) is 4.00. The van der Waals surface area contributed by atoms with E-state index >= 15 is 0 Å². The summed E-state index contributed by atoms with van der Waals surface area (Å²) in [4.78, 5) is 18.2. The van der Waals surface area contributed by atoms with Crippen molar-refractivity contribution in [2.45, 2.75) is 13.5 Å². The number of hydrogen-bond donors (Lipinski definition) is 1. The van der Waals surface area contributed by atoms with Gasteiger partial charge in [-0.1, -0.05) is 47.1 Å². The second kappa shape index (κ2) is 7.69. The number of anilines is 1. The first kappa shape index (κ1) is 17.5. The van der Waals surface area contributed by atoms with Crippen LogP contribution < -0.4 is 10.1 Å². The highest BCUT2D eigenvalue weighted by Crippen LogP contribution is 2.23. The minimum Gasteiger partial charge on any atom is -0.495 e. The SMILES string of the molecule is COc1ccccc1NC(=O)N(C)Cc1nc(-c2ccc(C)cc2)no1.